The number of halogens is 1. The number of anilines is 2. The fraction of sp³-hybridized carbons (Fsp3) is 0.0800. The van der Waals surface area contributed by atoms with Gasteiger partial charge in [0.25, 0.3) is 11.7 Å². The molecule has 32 heavy (non-hydrogen) atoms. The molecule has 1 aliphatic rings. The van der Waals surface area contributed by atoms with Gasteiger partial charge < -0.3 is 10.4 Å². The summed E-state index contributed by atoms with van der Waals surface area (Å²) in [6.07, 6.45) is 0. The van der Waals surface area contributed by atoms with Gasteiger partial charge in [-0.1, -0.05) is 48.5 Å². The number of benzene rings is 3. The van der Waals surface area contributed by atoms with E-state index in [9.17, 15) is 23.9 Å². The van der Waals surface area contributed by atoms with E-state index in [1.54, 1.807) is 60.7 Å². The SMILES string of the molecule is CC(=O)Nc1ccc(N2C(=O)C(=O)/C(=C(\O)c3ccccc3)C2c2ccccc2F)cc1. The van der Waals surface area contributed by atoms with Crippen molar-refractivity contribution < 1.29 is 23.9 Å². The minimum atomic E-state index is -1.16. The van der Waals surface area contributed by atoms with Crippen LogP contribution in [0.2, 0.25) is 0 Å². The lowest BCUT2D eigenvalue weighted by molar-refractivity contribution is -0.132. The molecule has 1 aliphatic heterocycles. The lowest BCUT2D eigenvalue weighted by Crippen LogP contribution is -2.29. The van der Waals surface area contributed by atoms with E-state index in [0.29, 0.717) is 16.9 Å². The van der Waals surface area contributed by atoms with E-state index < -0.39 is 23.5 Å². The third-order valence-corrected chi connectivity index (χ3v) is 5.16. The maximum atomic E-state index is 14.8. The molecule has 4 rings (SSSR count). The molecule has 6 nitrogen and oxygen atoms in total. The molecule has 160 valence electrons. The van der Waals surface area contributed by atoms with Crippen LogP contribution >= 0.6 is 0 Å². The molecule has 0 saturated carbocycles. The summed E-state index contributed by atoms with van der Waals surface area (Å²) in [6.45, 7) is 1.37. The normalized spacial score (nSPS) is 17.4. The van der Waals surface area contributed by atoms with Crippen molar-refractivity contribution in [3.63, 3.8) is 0 Å². The lowest BCUT2D eigenvalue weighted by atomic mass is 9.94. The largest absolute Gasteiger partial charge is 0.507 e. The topological polar surface area (TPSA) is 86.7 Å². The molecule has 1 unspecified atom stereocenters. The second-order valence-corrected chi connectivity index (χ2v) is 7.28. The number of hydrogen-bond acceptors (Lipinski definition) is 4. The summed E-state index contributed by atoms with van der Waals surface area (Å²) in [5.74, 6) is -3.05. The average molecular weight is 430 g/mol. The van der Waals surface area contributed by atoms with Crippen molar-refractivity contribution in [1.29, 1.82) is 0 Å². The number of aliphatic hydroxyl groups is 1. The van der Waals surface area contributed by atoms with Gasteiger partial charge in [0.2, 0.25) is 5.91 Å². The summed E-state index contributed by atoms with van der Waals surface area (Å²) < 4.78 is 14.8. The van der Waals surface area contributed by atoms with Crippen LogP contribution in [0.25, 0.3) is 5.76 Å². The summed E-state index contributed by atoms with van der Waals surface area (Å²) in [7, 11) is 0. The predicted molar refractivity (Wildman–Crippen MR) is 118 cm³/mol. The standard InChI is InChI=1S/C25H19FN2O4/c1-15(29)27-17-11-13-18(14-12-17)28-22(19-9-5-6-10-20(19)26)21(24(31)25(28)32)23(30)16-7-3-2-4-8-16/h2-14,22,30H,1H3,(H,27,29)/b23-21-. The highest BCUT2D eigenvalue weighted by molar-refractivity contribution is 6.51. The minimum absolute atomic E-state index is 0.0788. The van der Waals surface area contributed by atoms with Gasteiger partial charge in [0.05, 0.1) is 11.6 Å². The zero-order valence-corrected chi connectivity index (χ0v) is 17.1. The quantitative estimate of drug-likeness (QED) is 0.365. The smallest absolute Gasteiger partial charge is 0.300 e. The van der Waals surface area contributed by atoms with Crippen LogP contribution in [0, 0.1) is 5.82 Å². The molecule has 0 aliphatic carbocycles. The molecule has 1 saturated heterocycles. The Bertz CT molecular complexity index is 1240. The fourth-order valence-corrected chi connectivity index (χ4v) is 3.75. The molecular formula is C25H19FN2O4. The Morgan fingerprint density at radius 1 is 0.938 bits per heavy atom. The van der Waals surface area contributed by atoms with E-state index in [1.165, 1.54) is 25.1 Å². The van der Waals surface area contributed by atoms with Gasteiger partial charge in [-0.05, 0) is 30.3 Å². The number of nitrogens with zero attached hydrogens (tertiary/aromatic N) is 1. The third-order valence-electron chi connectivity index (χ3n) is 5.16. The molecule has 0 radical (unpaired) electrons. The molecule has 1 heterocycles. The van der Waals surface area contributed by atoms with Crippen molar-refractivity contribution >= 4 is 34.7 Å². The van der Waals surface area contributed by atoms with Gasteiger partial charge in [0, 0.05) is 29.4 Å². The van der Waals surface area contributed by atoms with Crippen LogP contribution < -0.4 is 10.2 Å². The number of ketones is 1. The van der Waals surface area contributed by atoms with Crippen molar-refractivity contribution in [2.24, 2.45) is 0 Å². The number of nitrogens with one attached hydrogen (secondary N) is 1. The lowest BCUT2D eigenvalue weighted by Gasteiger charge is -2.26. The molecule has 0 aromatic heterocycles. The van der Waals surface area contributed by atoms with Gasteiger partial charge in [-0.15, -0.1) is 0 Å². The highest BCUT2D eigenvalue weighted by Crippen LogP contribution is 2.43. The van der Waals surface area contributed by atoms with E-state index in [2.05, 4.69) is 5.32 Å². The van der Waals surface area contributed by atoms with Crippen LogP contribution in [0.3, 0.4) is 0 Å². The Labute approximate surface area is 183 Å². The average Bonchev–Trinajstić information content (AvgIpc) is 3.05. The molecule has 2 amide bonds. The number of amides is 2. The molecule has 7 heteroatoms. The molecule has 3 aromatic rings. The van der Waals surface area contributed by atoms with Crippen molar-refractivity contribution in [2.75, 3.05) is 10.2 Å². The van der Waals surface area contributed by atoms with E-state index >= 15 is 0 Å². The summed E-state index contributed by atoms with van der Waals surface area (Å²) in [5, 5.41) is 13.6. The number of carbonyl (C=O) groups excluding carboxylic acids is 3. The number of Topliss-reactive ketones (excluding diaryl/α,β-unsaturated/α-hetero) is 1. The van der Waals surface area contributed by atoms with Crippen LogP contribution in [0.1, 0.15) is 24.1 Å². The minimum Gasteiger partial charge on any atom is -0.507 e. The maximum Gasteiger partial charge on any atom is 0.300 e. The van der Waals surface area contributed by atoms with Crippen molar-refractivity contribution in [2.45, 2.75) is 13.0 Å². The monoisotopic (exact) mass is 430 g/mol. The van der Waals surface area contributed by atoms with Crippen molar-refractivity contribution in [3.05, 3.63) is 101 Å². The van der Waals surface area contributed by atoms with Gasteiger partial charge >= 0.3 is 0 Å². The van der Waals surface area contributed by atoms with E-state index in [-0.39, 0.29) is 22.8 Å². The number of aliphatic hydroxyl groups excluding tert-OH is 1. The van der Waals surface area contributed by atoms with E-state index in [0.717, 1.165) is 4.90 Å². The second kappa shape index (κ2) is 8.47. The summed E-state index contributed by atoms with van der Waals surface area (Å²) >= 11 is 0. The maximum absolute atomic E-state index is 14.8. The van der Waals surface area contributed by atoms with Crippen molar-refractivity contribution in [3.8, 4) is 0 Å². The first-order valence-corrected chi connectivity index (χ1v) is 9.87. The van der Waals surface area contributed by atoms with Crippen LogP contribution in [-0.4, -0.2) is 22.7 Å². The molecule has 3 aromatic carbocycles. The number of hydrogen-bond donors (Lipinski definition) is 2. The molecule has 1 fully saturated rings. The zero-order chi connectivity index (χ0) is 22.8. The Hall–Kier alpha value is -4.26. The van der Waals surface area contributed by atoms with Gasteiger partial charge in [-0.3, -0.25) is 19.3 Å². The molecule has 2 N–H and O–H groups in total. The Kier molecular flexibility index (Phi) is 5.55. The van der Waals surface area contributed by atoms with Crippen molar-refractivity contribution in [1.82, 2.24) is 0 Å². The molecule has 1 atom stereocenters. The molecule has 0 bridgehead atoms. The number of rotatable bonds is 4. The Balaban J connectivity index is 1.89. The summed E-state index contributed by atoms with van der Waals surface area (Å²) in [5.41, 5.74) is 1.05. The molecule has 0 spiro atoms. The van der Waals surface area contributed by atoms with Crippen LogP contribution in [0.5, 0.6) is 0 Å². The first kappa shape index (κ1) is 21.0. The number of carbonyl (C=O) groups is 3. The van der Waals surface area contributed by atoms with Crippen LogP contribution in [-0.2, 0) is 14.4 Å². The Morgan fingerprint density at radius 2 is 1.56 bits per heavy atom. The van der Waals surface area contributed by atoms with Gasteiger partial charge in [0.1, 0.15) is 11.6 Å². The second-order valence-electron chi connectivity index (χ2n) is 7.28. The molecular weight excluding hydrogens is 411 g/mol. The predicted octanol–water partition coefficient (Wildman–Crippen LogP) is 4.41. The highest BCUT2D eigenvalue weighted by Gasteiger charge is 2.47. The van der Waals surface area contributed by atoms with Gasteiger partial charge in [-0.25, -0.2) is 4.39 Å². The van der Waals surface area contributed by atoms with E-state index in [4.69, 9.17) is 0 Å². The first-order valence-electron chi connectivity index (χ1n) is 9.87. The van der Waals surface area contributed by atoms with Gasteiger partial charge in [-0.2, -0.15) is 0 Å². The summed E-state index contributed by atoms with van der Waals surface area (Å²) in [6, 6.07) is 19.2. The fourth-order valence-electron chi connectivity index (χ4n) is 3.75. The summed E-state index contributed by atoms with van der Waals surface area (Å²) in [4.78, 5) is 38.5. The highest BCUT2D eigenvalue weighted by atomic mass is 19.1. The van der Waals surface area contributed by atoms with Gasteiger partial charge in [0.15, 0.2) is 0 Å². The van der Waals surface area contributed by atoms with Crippen LogP contribution in [0.4, 0.5) is 15.8 Å². The van der Waals surface area contributed by atoms with Crippen LogP contribution in [0.15, 0.2) is 84.4 Å². The third kappa shape index (κ3) is 3.76. The Morgan fingerprint density at radius 3 is 2.19 bits per heavy atom. The van der Waals surface area contributed by atoms with E-state index in [1.807, 2.05) is 0 Å². The first-order chi connectivity index (χ1) is 15.4. The zero-order valence-electron chi connectivity index (χ0n) is 17.1.